The quantitative estimate of drug-likeness (QED) is 0.586. The fourth-order valence-electron chi connectivity index (χ4n) is 2.15. The lowest BCUT2D eigenvalue weighted by atomic mass is 10.1. The van der Waals surface area contributed by atoms with E-state index in [1.807, 2.05) is 0 Å². The van der Waals surface area contributed by atoms with Gasteiger partial charge in [0.2, 0.25) is 11.8 Å². The third-order valence-electron chi connectivity index (χ3n) is 3.38. The molecule has 0 aliphatic carbocycles. The van der Waals surface area contributed by atoms with Gasteiger partial charge in [-0.3, -0.25) is 19.3 Å². The van der Waals surface area contributed by atoms with Gasteiger partial charge in [0.05, 0.1) is 6.54 Å². The number of hydrogen-bond acceptors (Lipinski definition) is 4. The predicted molar refractivity (Wildman–Crippen MR) is 77.2 cm³/mol. The summed E-state index contributed by atoms with van der Waals surface area (Å²) in [5, 5.41) is 2.77. The minimum Gasteiger partial charge on any atom is -0.352 e. The summed E-state index contributed by atoms with van der Waals surface area (Å²) in [5.41, 5.74) is 6.74. The van der Waals surface area contributed by atoms with Gasteiger partial charge in [0.25, 0.3) is 5.91 Å². The van der Waals surface area contributed by atoms with Crippen LogP contribution in [0.3, 0.4) is 0 Å². The van der Waals surface area contributed by atoms with Crippen molar-refractivity contribution in [3.63, 3.8) is 0 Å². The number of imide groups is 1. The minimum absolute atomic E-state index is 0.136. The Balaban J connectivity index is 1.94. The summed E-state index contributed by atoms with van der Waals surface area (Å²) in [6.45, 7) is 1.36. The lowest BCUT2D eigenvalue weighted by Crippen LogP contribution is -2.28. The Morgan fingerprint density at radius 1 is 1.14 bits per heavy atom. The first-order valence-electron chi connectivity index (χ1n) is 7.02. The summed E-state index contributed by atoms with van der Waals surface area (Å²) < 4.78 is 0. The second-order valence-electron chi connectivity index (χ2n) is 4.97. The van der Waals surface area contributed by atoms with Crippen molar-refractivity contribution in [2.24, 2.45) is 5.73 Å². The SMILES string of the molecule is NCCCNC(=O)c1ccc(CN2C(=O)CCC2=O)cc1. The molecular formula is C15H19N3O3. The number of nitrogens with two attached hydrogens (primary N) is 1. The zero-order valence-electron chi connectivity index (χ0n) is 11.8. The molecule has 6 heteroatoms. The van der Waals surface area contributed by atoms with E-state index in [0.29, 0.717) is 31.5 Å². The van der Waals surface area contributed by atoms with E-state index in [-0.39, 0.29) is 24.3 Å². The van der Waals surface area contributed by atoms with E-state index in [4.69, 9.17) is 5.73 Å². The van der Waals surface area contributed by atoms with E-state index in [2.05, 4.69) is 5.32 Å². The maximum absolute atomic E-state index is 11.8. The number of benzene rings is 1. The molecule has 0 saturated carbocycles. The van der Waals surface area contributed by atoms with Crippen LogP contribution in [0.1, 0.15) is 35.2 Å². The molecule has 1 aromatic carbocycles. The standard InChI is InChI=1S/C15H19N3O3/c16-8-1-9-17-15(21)12-4-2-11(3-5-12)10-18-13(19)6-7-14(18)20/h2-5H,1,6-10,16H2,(H,17,21). The molecule has 0 spiro atoms. The van der Waals surface area contributed by atoms with Crippen molar-refractivity contribution < 1.29 is 14.4 Å². The smallest absolute Gasteiger partial charge is 0.251 e. The monoisotopic (exact) mass is 289 g/mol. The van der Waals surface area contributed by atoms with Crippen LogP contribution in [0.15, 0.2) is 24.3 Å². The average Bonchev–Trinajstić information content (AvgIpc) is 2.80. The lowest BCUT2D eigenvalue weighted by molar-refractivity contribution is -0.139. The van der Waals surface area contributed by atoms with Crippen molar-refractivity contribution in [2.75, 3.05) is 13.1 Å². The van der Waals surface area contributed by atoms with Crippen LogP contribution < -0.4 is 11.1 Å². The molecule has 112 valence electrons. The number of nitrogens with one attached hydrogen (secondary N) is 1. The molecule has 1 heterocycles. The lowest BCUT2D eigenvalue weighted by Gasteiger charge is -2.13. The van der Waals surface area contributed by atoms with Crippen LogP contribution in [0.2, 0.25) is 0 Å². The summed E-state index contributed by atoms with van der Waals surface area (Å²) in [6.07, 6.45) is 1.32. The Morgan fingerprint density at radius 3 is 2.33 bits per heavy atom. The van der Waals surface area contributed by atoms with E-state index in [0.717, 1.165) is 12.0 Å². The normalized spacial score (nSPS) is 14.6. The molecule has 21 heavy (non-hydrogen) atoms. The molecule has 0 unspecified atom stereocenters. The molecule has 0 atom stereocenters. The van der Waals surface area contributed by atoms with E-state index in [1.54, 1.807) is 24.3 Å². The maximum atomic E-state index is 11.8. The van der Waals surface area contributed by atoms with E-state index in [9.17, 15) is 14.4 Å². The van der Waals surface area contributed by atoms with Crippen molar-refractivity contribution >= 4 is 17.7 Å². The van der Waals surface area contributed by atoms with Crippen molar-refractivity contribution in [2.45, 2.75) is 25.8 Å². The molecular weight excluding hydrogens is 270 g/mol. The Labute approximate surface area is 123 Å². The molecule has 1 aliphatic rings. The van der Waals surface area contributed by atoms with Gasteiger partial charge in [-0.2, -0.15) is 0 Å². The van der Waals surface area contributed by atoms with E-state index >= 15 is 0 Å². The van der Waals surface area contributed by atoms with Crippen LogP contribution >= 0.6 is 0 Å². The van der Waals surface area contributed by atoms with Gasteiger partial charge >= 0.3 is 0 Å². The summed E-state index contributed by atoms with van der Waals surface area (Å²) in [5.74, 6) is -0.421. The first-order chi connectivity index (χ1) is 10.1. The number of carbonyl (C=O) groups is 3. The molecule has 2 rings (SSSR count). The molecule has 3 amide bonds. The van der Waals surface area contributed by atoms with E-state index < -0.39 is 0 Å². The molecule has 0 bridgehead atoms. The number of carbonyl (C=O) groups excluding carboxylic acids is 3. The largest absolute Gasteiger partial charge is 0.352 e. The highest BCUT2D eigenvalue weighted by Gasteiger charge is 2.28. The number of rotatable bonds is 6. The van der Waals surface area contributed by atoms with Gasteiger partial charge in [-0.15, -0.1) is 0 Å². The fourth-order valence-corrected chi connectivity index (χ4v) is 2.15. The number of likely N-dealkylation sites (tertiary alicyclic amines) is 1. The molecule has 1 saturated heterocycles. The zero-order valence-corrected chi connectivity index (χ0v) is 11.8. The molecule has 3 N–H and O–H groups in total. The fraction of sp³-hybridized carbons (Fsp3) is 0.400. The Bertz CT molecular complexity index is 524. The summed E-state index contributed by atoms with van der Waals surface area (Å²) in [7, 11) is 0. The van der Waals surface area contributed by atoms with Crippen molar-refractivity contribution in [1.82, 2.24) is 10.2 Å². The highest BCUT2D eigenvalue weighted by atomic mass is 16.2. The van der Waals surface area contributed by atoms with Gasteiger partial charge in [-0.05, 0) is 30.7 Å². The topological polar surface area (TPSA) is 92.5 Å². The van der Waals surface area contributed by atoms with Gasteiger partial charge in [0.1, 0.15) is 0 Å². The van der Waals surface area contributed by atoms with Crippen LogP contribution in [-0.2, 0) is 16.1 Å². The van der Waals surface area contributed by atoms with Gasteiger partial charge in [0, 0.05) is 24.9 Å². The van der Waals surface area contributed by atoms with Gasteiger partial charge in [-0.25, -0.2) is 0 Å². The van der Waals surface area contributed by atoms with E-state index in [1.165, 1.54) is 4.90 Å². The molecule has 0 radical (unpaired) electrons. The number of hydrogen-bond donors (Lipinski definition) is 2. The second kappa shape index (κ2) is 6.99. The molecule has 1 aromatic rings. The molecule has 1 aliphatic heterocycles. The van der Waals surface area contributed by atoms with Crippen LogP contribution in [0.5, 0.6) is 0 Å². The predicted octanol–water partition coefficient (Wildman–Crippen LogP) is 0.414. The van der Waals surface area contributed by atoms with Gasteiger partial charge in [0.15, 0.2) is 0 Å². The van der Waals surface area contributed by atoms with Crippen molar-refractivity contribution in [1.29, 1.82) is 0 Å². The third kappa shape index (κ3) is 3.88. The third-order valence-corrected chi connectivity index (χ3v) is 3.38. The Hall–Kier alpha value is -2.21. The van der Waals surface area contributed by atoms with Gasteiger partial charge < -0.3 is 11.1 Å². The highest BCUT2D eigenvalue weighted by molar-refractivity contribution is 6.01. The zero-order chi connectivity index (χ0) is 15.2. The first kappa shape index (κ1) is 15.2. The summed E-state index contributed by atoms with van der Waals surface area (Å²) >= 11 is 0. The van der Waals surface area contributed by atoms with Crippen molar-refractivity contribution in [3.8, 4) is 0 Å². The van der Waals surface area contributed by atoms with Gasteiger partial charge in [-0.1, -0.05) is 12.1 Å². The maximum Gasteiger partial charge on any atom is 0.251 e. The minimum atomic E-state index is -0.150. The first-order valence-corrected chi connectivity index (χ1v) is 7.02. The second-order valence-corrected chi connectivity index (χ2v) is 4.97. The van der Waals surface area contributed by atoms with Crippen LogP contribution in [-0.4, -0.2) is 35.7 Å². The molecule has 6 nitrogen and oxygen atoms in total. The average molecular weight is 289 g/mol. The number of amides is 3. The van der Waals surface area contributed by atoms with Crippen LogP contribution in [0.4, 0.5) is 0 Å². The van der Waals surface area contributed by atoms with Crippen LogP contribution in [0, 0.1) is 0 Å². The highest BCUT2D eigenvalue weighted by Crippen LogP contribution is 2.16. The summed E-state index contributed by atoms with van der Waals surface area (Å²) in [4.78, 5) is 36.2. The Kier molecular flexibility index (Phi) is 5.05. The number of nitrogens with zero attached hydrogens (tertiary/aromatic N) is 1. The molecule has 1 fully saturated rings. The van der Waals surface area contributed by atoms with Crippen LogP contribution in [0.25, 0.3) is 0 Å². The molecule has 0 aromatic heterocycles. The summed E-state index contributed by atoms with van der Waals surface area (Å²) in [6, 6.07) is 6.91. The Morgan fingerprint density at radius 2 is 1.76 bits per heavy atom. The van der Waals surface area contributed by atoms with Crippen molar-refractivity contribution in [3.05, 3.63) is 35.4 Å².